The number of hydrogen-bond acceptors (Lipinski definition) is 4. The summed E-state index contributed by atoms with van der Waals surface area (Å²) in [5.41, 5.74) is 0.0293. The fourth-order valence-electron chi connectivity index (χ4n) is 4.07. The maximum absolute atomic E-state index is 13.3. The molecule has 4 rings (SSSR count). The van der Waals surface area contributed by atoms with E-state index in [0.29, 0.717) is 11.3 Å². The first-order valence-corrected chi connectivity index (χ1v) is 11.4. The second-order valence-electron chi connectivity index (χ2n) is 7.62. The molecule has 32 heavy (non-hydrogen) atoms. The quantitative estimate of drug-likeness (QED) is 0.752. The lowest BCUT2D eigenvalue weighted by Crippen LogP contribution is -2.52. The van der Waals surface area contributed by atoms with Gasteiger partial charge in [0, 0.05) is 38.3 Å². The first-order chi connectivity index (χ1) is 15.1. The number of sulfonamides is 1. The van der Waals surface area contributed by atoms with E-state index >= 15 is 0 Å². The van der Waals surface area contributed by atoms with Crippen LogP contribution in [0.2, 0.25) is 0 Å². The third kappa shape index (κ3) is 4.09. The van der Waals surface area contributed by atoms with Crippen LogP contribution in [0.25, 0.3) is 0 Å². The largest absolute Gasteiger partial charge is 0.417 e. The van der Waals surface area contributed by atoms with E-state index in [1.54, 1.807) is 24.3 Å². The van der Waals surface area contributed by atoms with Gasteiger partial charge in [-0.15, -0.1) is 0 Å². The number of amides is 2. The zero-order valence-corrected chi connectivity index (χ0v) is 17.6. The third-order valence-electron chi connectivity index (χ3n) is 5.66. The summed E-state index contributed by atoms with van der Waals surface area (Å²) in [4.78, 5) is 25.8. The standard InChI is InChI=1S/C21H20F3N3O4S/c22-21(23,24)16-6-2-4-8-18(16)32(30,31)27-11-9-26(10-12-27)20(29)15-13-19(28)25-17-7-3-1-5-14(15)17/h1-8,15H,9-13H2,(H,25,28)/t15-/m0/s1. The smallest absolute Gasteiger partial charge is 0.340 e. The average molecular weight is 467 g/mol. The molecular weight excluding hydrogens is 447 g/mol. The molecule has 2 aliphatic heterocycles. The van der Waals surface area contributed by atoms with Gasteiger partial charge in [0.2, 0.25) is 21.8 Å². The van der Waals surface area contributed by atoms with Crippen LogP contribution in [0.5, 0.6) is 0 Å². The van der Waals surface area contributed by atoms with Crippen molar-refractivity contribution in [3.05, 3.63) is 59.7 Å². The molecule has 2 heterocycles. The number of halogens is 3. The molecule has 0 saturated carbocycles. The topological polar surface area (TPSA) is 86.8 Å². The van der Waals surface area contributed by atoms with Crippen LogP contribution >= 0.6 is 0 Å². The average Bonchev–Trinajstić information content (AvgIpc) is 2.77. The zero-order chi connectivity index (χ0) is 23.1. The Morgan fingerprint density at radius 1 is 0.969 bits per heavy atom. The van der Waals surface area contributed by atoms with Crippen LogP contribution in [0.3, 0.4) is 0 Å². The van der Waals surface area contributed by atoms with Gasteiger partial charge in [-0.2, -0.15) is 17.5 Å². The van der Waals surface area contributed by atoms with Gasteiger partial charge in [0.05, 0.1) is 16.4 Å². The Labute approximate surface area is 182 Å². The molecule has 11 heteroatoms. The van der Waals surface area contributed by atoms with Gasteiger partial charge in [0.15, 0.2) is 0 Å². The zero-order valence-electron chi connectivity index (χ0n) is 16.8. The van der Waals surface area contributed by atoms with E-state index in [9.17, 15) is 31.2 Å². The Kier molecular flexibility index (Phi) is 5.72. The van der Waals surface area contributed by atoms with Gasteiger partial charge in [0.25, 0.3) is 0 Å². The van der Waals surface area contributed by atoms with Crippen LogP contribution in [0, 0.1) is 0 Å². The maximum atomic E-state index is 13.3. The summed E-state index contributed by atoms with van der Waals surface area (Å²) in [5, 5.41) is 2.72. The number of nitrogens with zero attached hydrogens (tertiary/aromatic N) is 2. The van der Waals surface area contributed by atoms with Crippen molar-refractivity contribution in [3.63, 3.8) is 0 Å². The van der Waals surface area contributed by atoms with Crippen molar-refractivity contribution in [2.45, 2.75) is 23.4 Å². The lowest BCUT2D eigenvalue weighted by molar-refractivity contribution is -0.140. The first kappa shape index (κ1) is 22.3. The van der Waals surface area contributed by atoms with Crippen molar-refractivity contribution < 1.29 is 31.2 Å². The number of fused-ring (bicyclic) bond motifs is 1. The molecule has 2 aromatic rings. The van der Waals surface area contributed by atoms with E-state index in [1.165, 1.54) is 11.0 Å². The molecule has 0 bridgehead atoms. The Bertz CT molecular complexity index is 1160. The molecule has 1 saturated heterocycles. The van der Waals surface area contributed by atoms with Crippen molar-refractivity contribution in [3.8, 4) is 0 Å². The number of piperazine rings is 1. The molecule has 0 spiro atoms. The number of rotatable bonds is 3. The third-order valence-corrected chi connectivity index (χ3v) is 7.62. The van der Waals surface area contributed by atoms with Crippen molar-refractivity contribution in [1.29, 1.82) is 0 Å². The van der Waals surface area contributed by atoms with Crippen molar-refractivity contribution in [1.82, 2.24) is 9.21 Å². The van der Waals surface area contributed by atoms with E-state index in [-0.39, 0.29) is 44.4 Å². The van der Waals surface area contributed by atoms with Crippen molar-refractivity contribution in [2.24, 2.45) is 0 Å². The van der Waals surface area contributed by atoms with Gasteiger partial charge in [-0.25, -0.2) is 8.42 Å². The minimum atomic E-state index is -4.81. The van der Waals surface area contributed by atoms with Gasteiger partial charge in [-0.3, -0.25) is 9.59 Å². The Hall–Kier alpha value is -2.92. The summed E-state index contributed by atoms with van der Waals surface area (Å²) in [5.74, 6) is -1.28. The highest BCUT2D eigenvalue weighted by Gasteiger charge is 2.41. The van der Waals surface area contributed by atoms with E-state index < -0.39 is 32.6 Å². The highest BCUT2D eigenvalue weighted by molar-refractivity contribution is 7.89. The number of nitrogens with one attached hydrogen (secondary N) is 1. The molecular formula is C21H20F3N3O4S. The Morgan fingerprint density at radius 3 is 2.28 bits per heavy atom. The first-order valence-electron chi connectivity index (χ1n) is 9.93. The van der Waals surface area contributed by atoms with E-state index in [0.717, 1.165) is 22.5 Å². The Balaban J connectivity index is 1.51. The van der Waals surface area contributed by atoms with E-state index in [1.807, 2.05) is 0 Å². The molecule has 7 nitrogen and oxygen atoms in total. The molecule has 0 unspecified atom stereocenters. The van der Waals surface area contributed by atoms with Crippen LogP contribution in [-0.4, -0.2) is 55.6 Å². The van der Waals surface area contributed by atoms with Crippen LogP contribution in [0.1, 0.15) is 23.5 Å². The van der Waals surface area contributed by atoms with Gasteiger partial charge in [-0.1, -0.05) is 30.3 Å². The van der Waals surface area contributed by atoms with Gasteiger partial charge in [0.1, 0.15) is 0 Å². The lowest BCUT2D eigenvalue weighted by Gasteiger charge is -2.37. The monoisotopic (exact) mass is 467 g/mol. The minimum Gasteiger partial charge on any atom is -0.340 e. The van der Waals surface area contributed by atoms with Crippen LogP contribution in [-0.2, 0) is 25.8 Å². The number of para-hydroxylation sites is 1. The second kappa shape index (κ2) is 8.21. The molecule has 0 radical (unpaired) electrons. The van der Waals surface area contributed by atoms with Crippen molar-refractivity contribution >= 4 is 27.5 Å². The second-order valence-corrected chi connectivity index (χ2v) is 9.52. The number of alkyl halides is 3. The fraction of sp³-hybridized carbons (Fsp3) is 0.333. The van der Waals surface area contributed by atoms with E-state index in [2.05, 4.69) is 5.32 Å². The fourth-order valence-corrected chi connectivity index (χ4v) is 5.70. The van der Waals surface area contributed by atoms with Crippen LogP contribution in [0.15, 0.2) is 53.4 Å². The number of hydrogen-bond donors (Lipinski definition) is 1. The summed E-state index contributed by atoms with van der Waals surface area (Å²) in [7, 11) is -4.40. The van der Waals surface area contributed by atoms with Gasteiger partial charge in [-0.05, 0) is 23.8 Å². The highest BCUT2D eigenvalue weighted by Crippen LogP contribution is 2.36. The predicted octanol–water partition coefficient (Wildman–Crippen LogP) is 2.66. The maximum Gasteiger partial charge on any atom is 0.417 e. The normalized spacial score (nSPS) is 19.9. The molecule has 0 aliphatic carbocycles. The molecule has 1 atom stereocenters. The summed E-state index contributed by atoms with van der Waals surface area (Å²) in [6, 6.07) is 11.0. The lowest BCUT2D eigenvalue weighted by atomic mass is 9.89. The number of benzene rings is 2. The van der Waals surface area contributed by atoms with E-state index in [4.69, 9.17) is 0 Å². The highest BCUT2D eigenvalue weighted by atomic mass is 32.2. The van der Waals surface area contributed by atoms with Crippen molar-refractivity contribution in [2.75, 3.05) is 31.5 Å². The molecule has 170 valence electrons. The summed E-state index contributed by atoms with van der Waals surface area (Å²) in [6.07, 6.45) is -4.83. The number of anilines is 1. The van der Waals surface area contributed by atoms with Gasteiger partial charge >= 0.3 is 6.18 Å². The predicted molar refractivity (Wildman–Crippen MR) is 109 cm³/mol. The molecule has 1 N–H and O–H groups in total. The van der Waals surface area contributed by atoms with Crippen LogP contribution < -0.4 is 5.32 Å². The Morgan fingerprint density at radius 2 is 1.59 bits per heavy atom. The summed E-state index contributed by atoms with van der Waals surface area (Å²) >= 11 is 0. The molecule has 2 aromatic carbocycles. The van der Waals surface area contributed by atoms with Gasteiger partial charge < -0.3 is 10.2 Å². The summed E-state index contributed by atoms with van der Waals surface area (Å²) in [6.45, 7) is -0.235. The number of carbonyl (C=O) groups is 2. The molecule has 1 fully saturated rings. The SMILES string of the molecule is O=C1C[C@H](C(=O)N2CCN(S(=O)(=O)c3ccccc3C(F)(F)F)CC2)c2ccccc2N1. The summed E-state index contributed by atoms with van der Waals surface area (Å²) < 4.78 is 66.7. The van der Waals surface area contributed by atoms with Crippen LogP contribution in [0.4, 0.5) is 18.9 Å². The minimum absolute atomic E-state index is 0.0204. The molecule has 2 aliphatic rings. The number of carbonyl (C=O) groups excluding carboxylic acids is 2. The molecule has 0 aromatic heterocycles. The molecule has 2 amide bonds.